The molecule has 1 aromatic carbocycles. The molecule has 0 unspecified atom stereocenters. The van der Waals surface area contributed by atoms with Crippen LogP contribution < -0.4 is 15.7 Å². The number of carbonyl (C=O) groups excluding carboxylic acids is 1. The van der Waals surface area contributed by atoms with Gasteiger partial charge in [-0.05, 0) is 49.1 Å². The zero-order valence-corrected chi connectivity index (χ0v) is 16.8. The number of aromatic nitrogens is 2. The van der Waals surface area contributed by atoms with Gasteiger partial charge in [-0.1, -0.05) is 19.4 Å². The topological polar surface area (TPSA) is 88.5 Å². The summed E-state index contributed by atoms with van der Waals surface area (Å²) in [5.41, 5.74) is 4.74. The molecule has 7 nitrogen and oxygen atoms in total. The van der Waals surface area contributed by atoms with Crippen LogP contribution in [-0.4, -0.2) is 28.5 Å². The molecule has 3 aromatic rings. The van der Waals surface area contributed by atoms with E-state index in [4.69, 9.17) is 4.74 Å². The Labute approximate surface area is 166 Å². The number of carbonyl (C=O) groups is 1. The highest BCUT2D eigenvalue weighted by molar-refractivity contribution is 7.12. The first-order chi connectivity index (χ1) is 13.5. The molecule has 0 spiro atoms. The molecule has 8 heteroatoms. The fourth-order valence-electron chi connectivity index (χ4n) is 2.85. The summed E-state index contributed by atoms with van der Waals surface area (Å²) in [7, 11) is 1.59. The predicted molar refractivity (Wildman–Crippen MR) is 111 cm³/mol. The minimum absolute atomic E-state index is 0.208. The maximum Gasteiger partial charge on any atom is 0.281 e. The smallest absolute Gasteiger partial charge is 0.281 e. The number of nitrogens with zero attached hydrogens (tertiary/aromatic N) is 2. The van der Waals surface area contributed by atoms with E-state index >= 15 is 0 Å². The first-order valence-corrected chi connectivity index (χ1v) is 9.80. The van der Waals surface area contributed by atoms with E-state index in [2.05, 4.69) is 15.6 Å². The number of amides is 1. The van der Waals surface area contributed by atoms with Crippen LogP contribution in [0.15, 0.2) is 51.7 Å². The van der Waals surface area contributed by atoms with Crippen molar-refractivity contribution in [2.75, 3.05) is 7.11 Å². The number of aryl methyl sites for hydroxylation is 1. The van der Waals surface area contributed by atoms with Crippen LogP contribution in [0, 0.1) is 0 Å². The molecule has 2 N–H and O–H groups in total. The van der Waals surface area contributed by atoms with E-state index in [-0.39, 0.29) is 11.5 Å². The SMILES string of the molecule is CCCc1[nH]n(-c2ccc(OC)cc2)c(=O)c1/C(C)=N/NC(=O)c1cccs1. The zero-order valence-electron chi connectivity index (χ0n) is 16.0. The first kappa shape index (κ1) is 19.6. The number of nitrogens with one attached hydrogen (secondary N) is 2. The van der Waals surface area contributed by atoms with Crippen LogP contribution in [0.5, 0.6) is 5.75 Å². The second-order valence-corrected chi connectivity index (χ2v) is 7.12. The van der Waals surface area contributed by atoms with E-state index in [1.807, 2.05) is 12.3 Å². The molecule has 2 aromatic heterocycles. The highest BCUT2D eigenvalue weighted by Gasteiger charge is 2.18. The summed E-state index contributed by atoms with van der Waals surface area (Å²) in [5.74, 6) is 0.420. The molecule has 0 fully saturated rings. The van der Waals surface area contributed by atoms with Gasteiger partial charge in [0.05, 0.1) is 28.9 Å². The van der Waals surface area contributed by atoms with Crippen molar-refractivity contribution in [3.63, 3.8) is 0 Å². The van der Waals surface area contributed by atoms with Gasteiger partial charge in [-0.15, -0.1) is 11.3 Å². The van der Waals surface area contributed by atoms with Crippen LogP contribution in [0.3, 0.4) is 0 Å². The van der Waals surface area contributed by atoms with Gasteiger partial charge >= 0.3 is 0 Å². The number of thiophene rings is 1. The van der Waals surface area contributed by atoms with Crippen molar-refractivity contribution in [1.82, 2.24) is 15.2 Å². The third kappa shape index (κ3) is 4.07. The van der Waals surface area contributed by atoms with Crippen LogP contribution >= 0.6 is 11.3 Å². The molecule has 0 atom stereocenters. The van der Waals surface area contributed by atoms with Crippen LogP contribution in [0.2, 0.25) is 0 Å². The maximum atomic E-state index is 13.0. The lowest BCUT2D eigenvalue weighted by molar-refractivity contribution is 0.0959. The van der Waals surface area contributed by atoms with E-state index < -0.39 is 0 Å². The van der Waals surface area contributed by atoms with Crippen molar-refractivity contribution in [3.05, 3.63) is 68.3 Å². The minimum Gasteiger partial charge on any atom is -0.497 e. The number of H-pyrrole nitrogens is 1. The first-order valence-electron chi connectivity index (χ1n) is 8.92. The molecule has 0 aliphatic carbocycles. The molecule has 0 aliphatic heterocycles. The number of hydrazone groups is 1. The van der Waals surface area contributed by atoms with E-state index in [0.717, 1.165) is 12.1 Å². The number of aromatic amines is 1. The monoisotopic (exact) mass is 398 g/mol. The van der Waals surface area contributed by atoms with Crippen molar-refractivity contribution < 1.29 is 9.53 Å². The fourth-order valence-corrected chi connectivity index (χ4v) is 3.47. The van der Waals surface area contributed by atoms with E-state index in [1.165, 1.54) is 16.0 Å². The van der Waals surface area contributed by atoms with Gasteiger partial charge in [0.2, 0.25) is 0 Å². The Morgan fingerprint density at radius 1 is 1.29 bits per heavy atom. The Hall–Kier alpha value is -3.13. The summed E-state index contributed by atoms with van der Waals surface area (Å²) in [6.07, 6.45) is 1.56. The zero-order chi connectivity index (χ0) is 20.1. The van der Waals surface area contributed by atoms with Crippen LogP contribution in [0.25, 0.3) is 5.69 Å². The largest absolute Gasteiger partial charge is 0.497 e. The van der Waals surface area contributed by atoms with Crippen molar-refractivity contribution in [2.45, 2.75) is 26.7 Å². The molecule has 146 valence electrons. The molecule has 3 rings (SSSR count). The van der Waals surface area contributed by atoms with E-state index in [1.54, 1.807) is 50.4 Å². The van der Waals surface area contributed by atoms with Gasteiger partial charge < -0.3 is 4.74 Å². The molecule has 0 radical (unpaired) electrons. The lowest BCUT2D eigenvalue weighted by Gasteiger charge is -2.03. The van der Waals surface area contributed by atoms with Crippen molar-refractivity contribution in [3.8, 4) is 11.4 Å². The quantitative estimate of drug-likeness (QED) is 0.473. The van der Waals surface area contributed by atoms with Crippen molar-refractivity contribution in [1.29, 1.82) is 0 Å². The molecule has 2 heterocycles. The normalized spacial score (nSPS) is 11.5. The average molecular weight is 398 g/mol. The van der Waals surface area contributed by atoms with Gasteiger partial charge in [-0.25, -0.2) is 10.1 Å². The minimum atomic E-state index is -0.294. The fraction of sp³-hybridized carbons (Fsp3) is 0.250. The Morgan fingerprint density at radius 2 is 2.04 bits per heavy atom. The van der Waals surface area contributed by atoms with Gasteiger partial charge in [0.1, 0.15) is 5.75 Å². The number of benzene rings is 1. The molecular formula is C20H22N4O3S. The summed E-state index contributed by atoms with van der Waals surface area (Å²) >= 11 is 1.33. The number of ether oxygens (including phenoxy) is 1. The summed E-state index contributed by atoms with van der Waals surface area (Å²) in [5, 5.41) is 9.16. The molecule has 0 saturated heterocycles. The van der Waals surface area contributed by atoms with Gasteiger partial charge in [-0.2, -0.15) is 5.10 Å². The second kappa shape index (κ2) is 8.71. The van der Waals surface area contributed by atoms with Crippen LogP contribution in [-0.2, 0) is 6.42 Å². The van der Waals surface area contributed by atoms with E-state index in [9.17, 15) is 9.59 Å². The van der Waals surface area contributed by atoms with Crippen molar-refractivity contribution in [2.24, 2.45) is 5.10 Å². The molecule has 0 saturated carbocycles. The summed E-state index contributed by atoms with van der Waals surface area (Å²) in [4.78, 5) is 25.7. The van der Waals surface area contributed by atoms with Crippen molar-refractivity contribution >= 4 is 23.0 Å². The molecule has 0 aliphatic rings. The highest BCUT2D eigenvalue weighted by Crippen LogP contribution is 2.15. The molecule has 1 amide bonds. The Bertz CT molecular complexity index is 1030. The van der Waals surface area contributed by atoms with Gasteiger partial charge in [0, 0.05) is 5.69 Å². The number of hydrogen-bond acceptors (Lipinski definition) is 5. The second-order valence-electron chi connectivity index (χ2n) is 6.17. The third-order valence-electron chi connectivity index (χ3n) is 4.23. The highest BCUT2D eigenvalue weighted by atomic mass is 32.1. The molecule has 0 bridgehead atoms. The Balaban J connectivity index is 1.94. The van der Waals surface area contributed by atoms with Crippen LogP contribution in [0.1, 0.15) is 41.2 Å². The predicted octanol–water partition coefficient (Wildman–Crippen LogP) is 3.34. The maximum absolute atomic E-state index is 13.0. The number of hydrogen-bond donors (Lipinski definition) is 2. The number of rotatable bonds is 7. The lowest BCUT2D eigenvalue weighted by Crippen LogP contribution is -2.23. The Kier molecular flexibility index (Phi) is 6.10. The summed E-state index contributed by atoms with van der Waals surface area (Å²) in [6, 6.07) is 10.7. The lowest BCUT2D eigenvalue weighted by atomic mass is 10.1. The number of methoxy groups -OCH3 is 1. The molecular weight excluding hydrogens is 376 g/mol. The Morgan fingerprint density at radius 3 is 2.64 bits per heavy atom. The average Bonchev–Trinajstić information content (AvgIpc) is 3.35. The van der Waals surface area contributed by atoms with Gasteiger partial charge in [0.15, 0.2) is 0 Å². The summed E-state index contributed by atoms with van der Waals surface area (Å²) < 4.78 is 6.66. The standard InChI is InChI=1S/C20H22N4O3S/c1-4-6-16-18(13(2)21-22-19(25)17-7-5-12-28-17)20(26)24(23-16)14-8-10-15(27-3)11-9-14/h5,7-12,23H,4,6H2,1-3H3,(H,22,25)/b21-13+. The van der Waals surface area contributed by atoms with Gasteiger partial charge in [-0.3, -0.25) is 14.7 Å². The van der Waals surface area contributed by atoms with Crippen LogP contribution in [0.4, 0.5) is 0 Å². The third-order valence-corrected chi connectivity index (χ3v) is 5.10. The summed E-state index contributed by atoms with van der Waals surface area (Å²) in [6.45, 7) is 3.76. The molecule has 28 heavy (non-hydrogen) atoms. The van der Waals surface area contributed by atoms with Gasteiger partial charge in [0.25, 0.3) is 11.5 Å². The van der Waals surface area contributed by atoms with E-state index in [0.29, 0.717) is 34.0 Å².